The van der Waals surface area contributed by atoms with Gasteiger partial charge in [0.25, 0.3) is 0 Å². The standard InChI is InChI=1S/C18H18N2O4/c1-23-16(21)18(17(22)24-2)9-5-11-20-14-7-4-3-6-12(14)13(8-10-19)15(18)20/h3-4,6-7H,5,8-9,11H2,1-2H3. The van der Waals surface area contributed by atoms with Crippen LogP contribution in [0.2, 0.25) is 0 Å². The van der Waals surface area contributed by atoms with Crippen molar-refractivity contribution in [2.45, 2.75) is 31.2 Å². The second-order valence-electron chi connectivity index (χ2n) is 5.82. The summed E-state index contributed by atoms with van der Waals surface area (Å²) in [4.78, 5) is 25.3. The summed E-state index contributed by atoms with van der Waals surface area (Å²) in [6.45, 7) is 0.678. The maximum atomic E-state index is 12.7. The van der Waals surface area contributed by atoms with E-state index in [0.717, 1.165) is 10.9 Å². The van der Waals surface area contributed by atoms with Crippen molar-refractivity contribution in [1.29, 1.82) is 5.26 Å². The Morgan fingerprint density at radius 3 is 2.54 bits per heavy atom. The molecule has 1 aromatic carbocycles. The highest BCUT2D eigenvalue weighted by Crippen LogP contribution is 2.43. The number of para-hydroxylation sites is 1. The molecule has 1 aliphatic rings. The van der Waals surface area contributed by atoms with E-state index >= 15 is 0 Å². The number of aromatic nitrogens is 1. The third-order valence-corrected chi connectivity index (χ3v) is 4.74. The van der Waals surface area contributed by atoms with E-state index < -0.39 is 17.4 Å². The number of esters is 2. The van der Waals surface area contributed by atoms with Crippen molar-refractivity contribution in [1.82, 2.24) is 4.57 Å². The van der Waals surface area contributed by atoms with Gasteiger partial charge in [0.15, 0.2) is 0 Å². The highest BCUT2D eigenvalue weighted by molar-refractivity contribution is 6.08. The van der Waals surface area contributed by atoms with E-state index in [9.17, 15) is 14.9 Å². The van der Waals surface area contributed by atoms with Gasteiger partial charge in [-0.3, -0.25) is 9.59 Å². The summed E-state index contributed by atoms with van der Waals surface area (Å²) in [5.74, 6) is -1.28. The minimum Gasteiger partial charge on any atom is -0.468 e. The first kappa shape index (κ1) is 16.1. The predicted molar refractivity (Wildman–Crippen MR) is 86.2 cm³/mol. The average Bonchev–Trinajstić information content (AvgIpc) is 2.95. The molecule has 3 rings (SSSR count). The molecule has 0 amide bonds. The molecule has 0 spiro atoms. The zero-order valence-electron chi connectivity index (χ0n) is 13.7. The van der Waals surface area contributed by atoms with Crippen molar-refractivity contribution in [2.24, 2.45) is 0 Å². The van der Waals surface area contributed by atoms with E-state index in [-0.39, 0.29) is 6.42 Å². The largest absolute Gasteiger partial charge is 0.468 e. The maximum absolute atomic E-state index is 12.7. The highest BCUT2D eigenvalue weighted by atomic mass is 16.5. The lowest BCUT2D eigenvalue weighted by Crippen LogP contribution is -2.49. The van der Waals surface area contributed by atoms with Crippen molar-refractivity contribution in [3.63, 3.8) is 0 Å². The van der Waals surface area contributed by atoms with Crippen LogP contribution in [0, 0.1) is 11.3 Å². The summed E-state index contributed by atoms with van der Waals surface area (Å²) in [5, 5.41) is 10.2. The molecule has 0 bridgehead atoms. The SMILES string of the molecule is COC(=O)C1(C(=O)OC)CCCn2c1c(CC#N)c1ccccc12. The fourth-order valence-electron chi connectivity index (χ4n) is 3.80. The van der Waals surface area contributed by atoms with Gasteiger partial charge in [-0.15, -0.1) is 0 Å². The molecule has 0 radical (unpaired) electrons. The number of carbonyl (C=O) groups is 2. The number of nitriles is 1. The number of fused-ring (bicyclic) bond motifs is 3. The molecule has 6 nitrogen and oxygen atoms in total. The fourth-order valence-corrected chi connectivity index (χ4v) is 3.80. The molecular formula is C18H18N2O4. The van der Waals surface area contributed by atoms with E-state index in [4.69, 9.17) is 9.47 Å². The minimum atomic E-state index is -1.52. The predicted octanol–water partition coefficient (Wildman–Crippen LogP) is 2.08. The minimum absolute atomic E-state index is 0.110. The Balaban J connectivity index is 2.43. The molecule has 0 aliphatic carbocycles. The third kappa shape index (κ3) is 2.01. The lowest BCUT2D eigenvalue weighted by molar-refractivity contribution is -0.163. The molecule has 0 fully saturated rings. The topological polar surface area (TPSA) is 81.3 Å². The Morgan fingerprint density at radius 2 is 1.92 bits per heavy atom. The van der Waals surface area contributed by atoms with Crippen LogP contribution in [0.4, 0.5) is 0 Å². The molecule has 1 aromatic heterocycles. The quantitative estimate of drug-likeness (QED) is 0.637. The number of methoxy groups -OCH3 is 2. The number of carbonyl (C=O) groups excluding carboxylic acids is 2. The van der Waals surface area contributed by atoms with Crippen LogP contribution in [0.25, 0.3) is 10.9 Å². The van der Waals surface area contributed by atoms with Crippen molar-refractivity contribution < 1.29 is 19.1 Å². The Kier molecular flexibility index (Phi) is 4.02. The Morgan fingerprint density at radius 1 is 1.25 bits per heavy atom. The van der Waals surface area contributed by atoms with Gasteiger partial charge in [-0.25, -0.2) is 0 Å². The number of hydrogen-bond acceptors (Lipinski definition) is 5. The Hall–Kier alpha value is -2.81. The molecular weight excluding hydrogens is 308 g/mol. The molecule has 0 atom stereocenters. The van der Waals surface area contributed by atoms with Crippen LogP contribution in [-0.4, -0.2) is 30.7 Å². The van der Waals surface area contributed by atoms with Gasteiger partial charge in [0.05, 0.1) is 32.4 Å². The zero-order valence-corrected chi connectivity index (χ0v) is 13.7. The van der Waals surface area contributed by atoms with Crippen molar-refractivity contribution in [2.75, 3.05) is 14.2 Å². The number of aryl methyl sites for hydroxylation is 1. The molecule has 1 aliphatic heterocycles. The van der Waals surface area contributed by atoms with Gasteiger partial charge in [0.1, 0.15) is 0 Å². The fraction of sp³-hybridized carbons (Fsp3) is 0.389. The highest BCUT2D eigenvalue weighted by Gasteiger charge is 2.54. The summed E-state index contributed by atoms with van der Waals surface area (Å²) in [6.07, 6.45) is 1.06. The van der Waals surface area contributed by atoms with E-state index in [2.05, 4.69) is 6.07 Å². The first-order chi connectivity index (χ1) is 11.6. The number of hydrogen-bond donors (Lipinski definition) is 0. The molecule has 24 heavy (non-hydrogen) atoms. The number of benzene rings is 1. The van der Waals surface area contributed by atoms with Crippen LogP contribution in [0.5, 0.6) is 0 Å². The summed E-state index contributed by atoms with van der Waals surface area (Å²) >= 11 is 0. The summed E-state index contributed by atoms with van der Waals surface area (Å²) in [7, 11) is 2.52. The van der Waals surface area contributed by atoms with Crippen LogP contribution in [0.1, 0.15) is 24.1 Å². The monoisotopic (exact) mass is 326 g/mol. The van der Waals surface area contributed by atoms with Gasteiger partial charge in [-0.05, 0) is 24.5 Å². The van der Waals surface area contributed by atoms with Crippen LogP contribution < -0.4 is 0 Å². The maximum Gasteiger partial charge on any atom is 0.329 e. The summed E-state index contributed by atoms with van der Waals surface area (Å²) < 4.78 is 11.9. The summed E-state index contributed by atoms with van der Waals surface area (Å²) in [6, 6.07) is 9.77. The molecule has 0 N–H and O–H groups in total. The Labute approximate surface area is 139 Å². The van der Waals surface area contributed by atoms with E-state index in [1.54, 1.807) is 0 Å². The smallest absolute Gasteiger partial charge is 0.329 e. The molecule has 0 saturated carbocycles. The second kappa shape index (κ2) is 6.00. The molecule has 6 heteroatoms. The van der Waals surface area contributed by atoms with E-state index in [1.807, 2.05) is 28.8 Å². The second-order valence-corrected chi connectivity index (χ2v) is 5.82. The molecule has 0 unspecified atom stereocenters. The van der Waals surface area contributed by atoms with Crippen molar-refractivity contribution >= 4 is 22.8 Å². The molecule has 2 heterocycles. The van der Waals surface area contributed by atoms with Crippen LogP contribution in [0.3, 0.4) is 0 Å². The van der Waals surface area contributed by atoms with Crippen molar-refractivity contribution in [3.05, 3.63) is 35.5 Å². The Bertz CT molecular complexity index is 844. The van der Waals surface area contributed by atoms with E-state index in [1.165, 1.54) is 14.2 Å². The van der Waals surface area contributed by atoms with E-state index in [0.29, 0.717) is 30.6 Å². The van der Waals surface area contributed by atoms with Crippen LogP contribution in [0.15, 0.2) is 24.3 Å². The first-order valence-electron chi connectivity index (χ1n) is 7.76. The third-order valence-electron chi connectivity index (χ3n) is 4.74. The van der Waals surface area contributed by atoms with Gasteiger partial charge in [-0.1, -0.05) is 18.2 Å². The number of nitrogens with zero attached hydrogens (tertiary/aromatic N) is 2. The number of rotatable bonds is 3. The van der Waals surface area contributed by atoms with Gasteiger partial charge in [-0.2, -0.15) is 5.26 Å². The van der Waals surface area contributed by atoms with Gasteiger partial charge in [0, 0.05) is 17.4 Å². The average molecular weight is 326 g/mol. The summed E-state index contributed by atoms with van der Waals surface area (Å²) in [5.41, 5.74) is 0.626. The van der Waals surface area contributed by atoms with Gasteiger partial charge < -0.3 is 14.0 Å². The molecule has 0 saturated heterocycles. The zero-order chi connectivity index (χ0) is 17.3. The van der Waals surface area contributed by atoms with Gasteiger partial charge in [0.2, 0.25) is 5.41 Å². The number of ether oxygens (including phenoxy) is 2. The van der Waals surface area contributed by atoms with Gasteiger partial charge >= 0.3 is 11.9 Å². The normalized spacial score (nSPS) is 15.4. The lowest BCUT2D eigenvalue weighted by atomic mass is 9.75. The van der Waals surface area contributed by atoms with Crippen LogP contribution >= 0.6 is 0 Å². The first-order valence-corrected chi connectivity index (χ1v) is 7.76. The molecule has 124 valence electrons. The van der Waals surface area contributed by atoms with Crippen LogP contribution in [-0.2, 0) is 37.4 Å². The lowest BCUT2D eigenvalue weighted by Gasteiger charge is -2.34. The van der Waals surface area contributed by atoms with Crippen molar-refractivity contribution in [3.8, 4) is 6.07 Å². The molecule has 2 aromatic rings.